The van der Waals surface area contributed by atoms with E-state index in [9.17, 15) is 9.59 Å². The Hall–Kier alpha value is -2.90. The molecule has 0 unspecified atom stereocenters. The smallest absolute Gasteiger partial charge is 0.230 e. The van der Waals surface area contributed by atoms with Crippen LogP contribution in [-0.2, 0) is 16.0 Å². The fraction of sp³-hybridized carbons (Fsp3) is 0.105. The summed E-state index contributed by atoms with van der Waals surface area (Å²) in [4.78, 5) is 27.8. The van der Waals surface area contributed by atoms with Crippen molar-refractivity contribution in [3.05, 3.63) is 64.6 Å². The highest BCUT2D eigenvalue weighted by Crippen LogP contribution is 2.23. The van der Waals surface area contributed by atoms with Gasteiger partial charge in [0.1, 0.15) is 0 Å². The van der Waals surface area contributed by atoms with Gasteiger partial charge in [-0.1, -0.05) is 23.7 Å². The predicted molar refractivity (Wildman–Crippen MR) is 110 cm³/mol. The van der Waals surface area contributed by atoms with Crippen molar-refractivity contribution in [2.45, 2.75) is 13.3 Å². The van der Waals surface area contributed by atoms with Gasteiger partial charge in [-0.3, -0.25) is 9.59 Å². The number of rotatable bonds is 6. The molecule has 0 atom stereocenters. The molecular formula is C19H17ClN4O2S. The van der Waals surface area contributed by atoms with Crippen LogP contribution in [0.15, 0.2) is 53.9 Å². The Bertz CT molecular complexity index is 974. The van der Waals surface area contributed by atoms with Gasteiger partial charge in [0.25, 0.3) is 0 Å². The van der Waals surface area contributed by atoms with Crippen LogP contribution in [0.3, 0.4) is 0 Å². The first kappa shape index (κ1) is 18.9. The molecule has 0 aliphatic heterocycles. The van der Waals surface area contributed by atoms with E-state index in [0.717, 1.165) is 5.69 Å². The van der Waals surface area contributed by atoms with Gasteiger partial charge in [0, 0.05) is 34.4 Å². The number of benzene rings is 2. The summed E-state index contributed by atoms with van der Waals surface area (Å²) in [6.07, 6.45) is 0.151. The third-order valence-electron chi connectivity index (χ3n) is 3.44. The van der Waals surface area contributed by atoms with Gasteiger partial charge in [0.05, 0.1) is 12.1 Å². The van der Waals surface area contributed by atoms with Gasteiger partial charge in [-0.25, -0.2) is 4.98 Å². The van der Waals surface area contributed by atoms with E-state index in [4.69, 9.17) is 11.6 Å². The first-order chi connectivity index (χ1) is 13.0. The standard InChI is InChI=1S/C19H17ClN4O2S/c1-12(25)21-15-6-3-7-16(9-15)22-18(26)10-17-11-27-19(24-17)23-14-5-2-4-13(20)8-14/h2-9,11H,10H2,1H3,(H,21,25)(H,22,26)(H,23,24). The van der Waals surface area contributed by atoms with Crippen molar-refractivity contribution in [2.24, 2.45) is 0 Å². The first-order valence-electron chi connectivity index (χ1n) is 8.12. The van der Waals surface area contributed by atoms with Crippen LogP contribution in [0.4, 0.5) is 22.2 Å². The topological polar surface area (TPSA) is 83.1 Å². The molecule has 0 fully saturated rings. The lowest BCUT2D eigenvalue weighted by atomic mass is 10.2. The highest BCUT2D eigenvalue weighted by molar-refractivity contribution is 7.13. The number of anilines is 4. The fourth-order valence-electron chi connectivity index (χ4n) is 2.38. The molecule has 0 bridgehead atoms. The van der Waals surface area contributed by atoms with Crippen LogP contribution in [0.5, 0.6) is 0 Å². The average Bonchev–Trinajstić information content (AvgIpc) is 3.01. The molecule has 6 nitrogen and oxygen atoms in total. The number of hydrogen-bond donors (Lipinski definition) is 3. The highest BCUT2D eigenvalue weighted by atomic mass is 35.5. The van der Waals surface area contributed by atoms with Crippen molar-refractivity contribution in [2.75, 3.05) is 16.0 Å². The number of nitrogens with zero attached hydrogens (tertiary/aromatic N) is 1. The molecule has 0 spiro atoms. The summed E-state index contributed by atoms with van der Waals surface area (Å²) < 4.78 is 0. The van der Waals surface area contributed by atoms with Crippen molar-refractivity contribution < 1.29 is 9.59 Å². The van der Waals surface area contributed by atoms with Crippen LogP contribution in [-0.4, -0.2) is 16.8 Å². The Balaban J connectivity index is 1.58. The molecule has 0 saturated heterocycles. The van der Waals surface area contributed by atoms with E-state index in [-0.39, 0.29) is 18.2 Å². The summed E-state index contributed by atoms with van der Waals surface area (Å²) in [5.41, 5.74) is 2.74. The largest absolute Gasteiger partial charge is 0.331 e. The number of carbonyl (C=O) groups is 2. The van der Waals surface area contributed by atoms with E-state index in [0.29, 0.717) is 27.2 Å². The van der Waals surface area contributed by atoms with Gasteiger partial charge in [-0.05, 0) is 36.4 Å². The molecule has 3 rings (SSSR count). The lowest BCUT2D eigenvalue weighted by Crippen LogP contribution is -2.15. The van der Waals surface area contributed by atoms with Crippen LogP contribution in [0.25, 0.3) is 0 Å². The van der Waals surface area contributed by atoms with Crippen LogP contribution in [0.2, 0.25) is 5.02 Å². The van der Waals surface area contributed by atoms with Crippen molar-refractivity contribution in [1.82, 2.24) is 4.98 Å². The Morgan fingerprint density at radius 1 is 1.04 bits per heavy atom. The fourth-order valence-corrected chi connectivity index (χ4v) is 3.30. The molecule has 3 N–H and O–H groups in total. The van der Waals surface area contributed by atoms with Gasteiger partial charge in [-0.15, -0.1) is 11.3 Å². The molecule has 3 aromatic rings. The summed E-state index contributed by atoms with van der Waals surface area (Å²) in [6, 6.07) is 14.3. The zero-order chi connectivity index (χ0) is 19.2. The van der Waals surface area contributed by atoms with Gasteiger partial charge >= 0.3 is 0 Å². The summed E-state index contributed by atoms with van der Waals surface area (Å²) in [5, 5.41) is 11.8. The third-order valence-corrected chi connectivity index (χ3v) is 4.48. The molecule has 8 heteroatoms. The number of halogens is 1. The Labute approximate surface area is 165 Å². The normalized spacial score (nSPS) is 10.3. The van der Waals surface area contributed by atoms with Crippen LogP contribution in [0, 0.1) is 0 Å². The molecule has 0 aliphatic carbocycles. The molecule has 0 aliphatic rings. The second-order valence-electron chi connectivity index (χ2n) is 5.77. The zero-order valence-electron chi connectivity index (χ0n) is 14.5. The number of hydrogen-bond acceptors (Lipinski definition) is 5. The van der Waals surface area contributed by atoms with E-state index in [1.807, 2.05) is 17.5 Å². The molecule has 1 aromatic heterocycles. The van der Waals surface area contributed by atoms with Crippen molar-refractivity contribution in [3.8, 4) is 0 Å². The quantitative estimate of drug-likeness (QED) is 0.561. The Kier molecular flexibility index (Phi) is 6.05. The highest BCUT2D eigenvalue weighted by Gasteiger charge is 2.09. The molecule has 138 valence electrons. The van der Waals surface area contributed by atoms with E-state index in [1.165, 1.54) is 18.3 Å². The Morgan fingerprint density at radius 3 is 2.48 bits per heavy atom. The maximum absolute atomic E-state index is 12.3. The number of thiazole rings is 1. The maximum Gasteiger partial charge on any atom is 0.230 e. The minimum absolute atomic E-state index is 0.151. The zero-order valence-corrected chi connectivity index (χ0v) is 16.0. The minimum Gasteiger partial charge on any atom is -0.331 e. The van der Waals surface area contributed by atoms with Crippen LogP contribution >= 0.6 is 22.9 Å². The number of nitrogens with one attached hydrogen (secondary N) is 3. The molecule has 1 heterocycles. The second kappa shape index (κ2) is 8.66. The van der Waals surface area contributed by atoms with E-state index < -0.39 is 0 Å². The lowest BCUT2D eigenvalue weighted by molar-refractivity contribution is -0.116. The third kappa shape index (κ3) is 5.80. The molecule has 27 heavy (non-hydrogen) atoms. The van der Waals surface area contributed by atoms with Gasteiger partial charge < -0.3 is 16.0 Å². The van der Waals surface area contributed by atoms with Crippen molar-refractivity contribution >= 4 is 56.9 Å². The van der Waals surface area contributed by atoms with E-state index in [2.05, 4.69) is 20.9 Å². The SMILES string of the molecule is CC(=O)Nc1cccc(NC(=O)Cc2csc(Nc3cccc(Cl)c3)n2)c1. The maximum atomic E-state index is 12.3. The first-order valence-corrected chi connectivity index (χ1v) is 9.38. The van der Waals surface area contributed by atoms with Crippen molar-refractivity contribution in [1.29, 1.82) is 0 Å². The monoisotopic (exact) mass is 400 g/mol. The summed E-state index contributed by atoms with van der Waals surface area (Å²) in [6.45, 7) is 1.43. The van der Waals surface area contributed by atoms with Gasteiger partial charge in [0.2, 0.25) is 11.8 Å². The Morgan fingerprint density at radius 2 is 1.74 bits per heavy atom. The number of amides is 2. The summed E-state index contributed by atoms with van der Waals surface area (Å²) in [5.74, 6) is -0.352. The molecular weight excluding hydrogens is 384 g/mol. The molecule has 0 saturated carbocycles. The van der Waals surface area contributed by atoms with E-state index in [1.54, 1.807) is 36.4 Å². The van der Waals surface area contributed by atoms with Gasteiger partial charge in [0.15, 0.2) is 5.13 Å². The van der Waals surface area contributed by atoms with Gasteiger partial charge in [-0.2, -0.15) is 0 Å². The molecule has 2 aromatic carbocycles. The number of carbonyl (C=O) groups excluding carboxylic acids is 2. The lowest BCUT2D eigenvalue weighted by Gasteiger charge is -2.07. The average molecular weight is 401 g/mol. The molecule has 0 radical (unpaired) electrons. The van der Waals surface area contributed by atoms with E-state index >= 15 is 0 Å². The summed E-state index contributed by atoms with van der Waals surface area (Å²) in [7, 11) is 0. The minimum atomic E-state index is -0.186. The van der Waals surface area contributed by atoms with Crippen LogP contribution < -0.4 is 16.0 Å². The predicted octanol–water partition coefficient (Wildman–Crippen LogP) is 4.68. The molecule has 2 amide bonds. The summed E-state index contributed by atoms with van der Waals surface area (Å²) >= 11 is 7.38. The second-order valence-corrected chi connectivity index (χ2v) is 7.06. The van der Waals surface area contributed by atoms with Crippen molar-refractivity contribution in [3.63, 3.8) is 0 Å². The number of aromatic nitrogens is 1. The van der Waals surface area contributed by atoms with Crippen LogP contribution in [0.1, 0.15) is 12.6 Å².